The Kier molecular flexibility index (Phi) is 6.07. The van der Waals surface area contributed by atoms with Gasteiger partial charge in [-0.2, -0.15) is 13.2 Å². The van der Waals surface area contributed by atoms with Crippen molar-refractivity contribution < 1.29 is 27.9 Å². The Hall–Kier alpha value is -2.19. The molecular formula is C12H14F3N3O3. The molecule has 21 heavy (non-hydrogen) atoms. The Morgan fingerprint density at radius 2 is 1.76 bits per heavy atom. The zero-order chi connectivity index (χ0) is 15.9. The molecule has 0 bridgehead atoms. The zero-order valence-electron chi connectivity index (χ0n) is 11.0. The Bertz CT molecular complexity index is 489. The molecule has 1 rings (SSSR count). The molecule has 0 spiro atoms. The fraction of sp³-hybridized carbons (Fsp3) is 0.500. The maximum absolute atomic E-state index is 12.2. The van der Waals surface area contributed by atoms with Crippen LogP contribution in [0.15, 0.2) is 12.4 Å². The van der Waals surface area contributed by atoms with E-state index in [1.807, 2.05) is 0 Å². The van der Waals surface area contributed by atoms with E-state index in [9.17, 15) is 22.8 Å². The lowest BCUT2D eigenvalue weighted by atomic mass is 10.2. The third-order valence-electron chi connectivity index (χ3n) is 2.52. The van der Waals surface area contributed by atoms with E-state index in [1.165, 1.54) is 0 Å². The molecule has 1 aromatic rings. The number of hydrogen-bond donors (Lipinski definition) is 2. The second kappa shape index (κ2) is 7.55. The first-order chi connectivity index (χ1) is 9.80. The molecule has 1 heterocycles. The molecule has 0 aliphatic rings. The van der Waals surface area contributed by atoms with E-state index in [0.717, 1.165) is 12.4 Å². The van der Waals surface area contributed by atoms with Gasteiger partial charge in [-0.25, -0.2) is 9.97 Å². The number of nitrogens with zero attached hydrogens (tertiary/aromatic N) is 2. The fourth-order valence-corrected chi connectivity index (χ4v) is 1.47. The summed E-state index contributed by atoms with van der Waals surface area (Å²) in [5.41, 5.74) is -0.0615. The molecule has 0 saturated carbocycles. The van der Waals surface area contributed by atoms with E-state index >= 15 is 0 Å². The van der Waals surface area contributed by atoms with E-state index in [-0.39, 0.29) is 12.0 Å². The van der Waals surface area contributed by atoms with Crippen LogP contribution < -0.4 is 5.32 Å². The van der Waals surface area contributed by atoms with Gasteiger partial charge in [-0.05, 0) is 12.8 Å². The average molecular weight is 305 g/mol. The van der Waals surface area contributed by atoms with Crippen LogP contribution in [0.25, 0.3) is 0 Å². The van der Waals surface area contributed by atoms with E-state index in [1.54, 1.807) is 0 Å². The standard InChI is InChI=1S/C12H14F3N3O3/c13-12(14,15)11-17-6-8(7-18-11)10(21)16-5-3-1-2-4-9(19)20/h6-7H,1-5H2,(H,16,21)(H,19,20). The lowest BCUT2D eigenvalue weighted by Gasteiger charge is -2.06. The van der Waals surface area contributed by atoms with Crippen molar-refractivity contribution in [1.29, 1.82) is 0 Å². The van der Waals surface area contributed by atoms with Crippen LogP contribution in [-0.2, 0) is 11.0 Å². The molecule has 2 N–H and O–H groups in total. The number of aliphatic carboxylic acids is 1. The number of nitrogens with one attached hydrogen (secondary N) is 1. The fourth-order valence-electron chi connectivity index (χ4n) is 1.47. The third kappa shape index (κ3) is 6.19. The van der Waals surface area contributed by atoms with Gasteiger partial charge in [0.15, 0.2) is 0 Å². The minimum absolute atomic E-state index is 0.0615. The van der Waals surface area contributed by atoms with E-state index < -0.39 is 23.9 Å². The van der Waals surface area contributed by atoms with Gasteiger partial charge in [0.05, 0.1) is 5.56 Å². The van der Waals surface area contributed by atoms with Crippen LogP contribution >= 0.6 is 0 Å². The van der Waals surface area contributed by atoms with Crippen LogP contribution in [0, 0.1) is 0 Å². The number of rotatable bonds is 7. The first kappa shape index (κ1) is 16.9. The molecule has 0 unspecified atom stereocenters. The highest BCUT2D eigenvalue weighted by Gasteiger charge is 2.34. The van der Waals surface area contributed by atoms with Crippen molar-refractivity contribution in [1.82, 2.24) is 15.3 Å². The highest BCUT2D eigenvalue weighted by molar-refractivity contribution is 5.93. The van der Waals surface area contributed by atoms with E-state index in [2.05, 4.69) is 15.3 Å². The highest BCUT2D eigenvalue weighted by atomic mass is 19.4. The molecule has 0 aromatic carbocycles. The van der Waals surface area contributed by atoms with Gasteiger partial charge >= 0.3 is 12.1 Å². The summed E-state index contributed by atoms with van der Waals surface area (Å²) in [6.07, 6.45) is -1.21. The minimum atomic E-state index is -4.64. The Labute approximate surface area is 118 Å². The SMILES string of the molecule is O=C(O)CCCCCNC(=O)c1cnc(C(F)(F)F)nc1. The molecule has 0 aliphatic carbocycles. The molecule has 0 radical (unpaired) electrons. The number of amides is 1. The topological polar surface area (TPSA) is 92.2 Å². The zero-order valence-corrected chi connectivity index (χ0v) is 11.0. The predicted octanol–water partition coefficient (Wildman–Crippen LogP) is 1.87. The molecule has 0 atom stereocenters. The van der Waals surface area contributed by atoms with Crippen LogP contribution in [0.3, 0.4) is 0 Å². The van der Waals surface area contributed by atoms with Crippen LogP contribution in [-0.4, -0.2) is 33.5 Å². The molecule has 9 heteroatoms. The lowest BCUT2D eigenvalue weighted by molar-refractivity contribution is -0.145. The molecular weight excluding hydrogens is 291 g/mol. The molecule has 1 amide bonds. The van der Waals surface area contributed by atoms with Crippen molar-refractivity contribution in [3.05, 3.63) is 23.8 Å². The third-order valence-corrected chi connectivity index (χ3v) is 2.52. The Morgan fingerprint density at radius 1 is 1.14 bits per heavy atom. The number of halogens is 3. The van der Waals surface area contributed by atoms with Gasteiger partial charge in [0.1, 0.15) is 0 Å². The van der Waals surface area contributed by atoms with Crippen molar-refractivity contribution in [3.8, 4) is 0 Å². The summed E-state index contributed by atoms with van der Waals surface area (Å²) in [6, 6.07) is 0. The summed E-state index contributed by atoms with van der Waals surface area (Å²) in [6.45, 7) is 0.305. The van der Waals surface area contributed by atoms with Gasteiger partial charge in [0, 0.05) is 25.4 Å². The molecule has 6 nitrogen and oxygen atoms in total. The van der Waals surface area contributed by atoms with Crippen LogP contribution in [0.2, 0.25) is 0 Å². The number of aromatic nitrogens is 2. The van der Waals surface area contributed by atoms with Gasteiger partial charge in [0.2, 0.25) is 5.82 Å². The van der Waals surface area contributed by atoms with Crippen LogP contribution in [0.1, 0.15) is 41.9 Å². The quantitative estimate of drug-likeness (QED) is 0.750. The van der Waals surface area contributed by atoms with Crippen molar-refractivity contribution in [2.75, 3.05) is 6.54 Å². The highest BCUT2D eigenvalue weighted by Crippen LogP contribution is 2.25. The summed E-state index contributed by atoms with van der Waals surface area (Å²) in [7, 11) is 0. The van der Waals surface area contributed by atoms with Gasteiger partial charge in [-0.3, -0.25) is 9.59 Å². The monoisotopic (exact) mass is 305 g/mol. The summed E-state index contributed by atoms with van der Waals surface area (Å²) >= 11 is 0. The van der Waals surface area contributed by atoms with Crippen molar-refractivity contribution in [2.24, 2.45) is 0 Å². The summed E-state index contributed by atoms with van der Waals surface area (Å²) in [4.78, 5) is 28.0. The second-order valence-electron chi connectivity index (χ2n) is 4.25. The lowest BCUT2D eigenvalue weighted by Crippen LogP contribution is -2.25. The maximum Gasteiger partial charge on any atom is 0.451 e. The molecule has 0 fully saturated rings. The van der Waals surface area contributed by atoms with Gasteiger partial charge < -0.3 is 10.4 Å². The Morgan fingerprint density at radius 3 is 2.29 bits per heavy atom. The maximum atomic E-state index is 12.2. The molecule has 0 aliphatic heterocycles. The number of carboxylic acid groups (broad SMARTS) is 1. The molecule has 1 aromatic heterocycles. The van der Waals surface area contributed by atoms with Gasteiger partial charge in [-0.15, -0.1) is 0 Å². The van der Waals surface area contributed by atoms with Crippen LogP contribution in [0.5, 0.6) is 0 Å². The number of alkyl halides is 3. The van der Waals surface area contributed by atoms with E-state index in [4.69, 9.17) is 5.11 Å². The first-order valence-corrected chi connectivity index (χ1v) is 6.20. The van der Waals surface area contributed by atoms with Crippen molar-refractivity contribution >= 4 is 11.9 Å². The largest absolute Gasteiger partial charge is 0.481 e. The number of carboxylic acids is 1. The number of unbranched alkanes of at least 4 members (excludes halogenated alkanes) is 2. The average Bonchev–Trinajstić information content (AvgIpc) is 2.41. The van der Waals surface area contributed by atoms with E-state index in [0.29, 0.717) is 25.8 Å². The summed E-state index contributed by atoms with van der Waals surface area (Å²) in [5, 5.41) is 10.9. The summed E-state index contributed by atoms with van der Waals surface area (Å²) in [5.74, 6) is -2.74. The smallest absolute Gasteiger partial charge is 0.451 e. The second-order valence-corrected chi connectivity index (χ2v) is 4.25. The van der Waals surface area contributed by atoms with Crippen molar-refractivity contribution in [3.63, 3.8) is 0 Å². The first-order valence-electron chi connectivity index (χ1n) is 6.20. The van der Waals surface area contributed by atoms with Gasteiger partial charge in [-0.1, -0.05) is 6.42 Å². The van der Waals surface area contributed by atoms with Crippen molar-refractivity contribution in [2.45, 2.75) is 31.9 Å². The molecule has 116 valence electrons. The van der Waals surface area contributed by atoms with Gasteiger partial charge in [0.25, 0.3) is 5.91 Å². The summed E-state index contributed by atoms with van der Waals surface area (Å²) < 4.78 is 36.7. The number of hydrogen-bond acceptors (Lipinski definition) is 4. The molecule has 0 saturated heterocycles. The predicted molar refractivity (Wildman–Crippen MR) is 65.5 cm³/mol. The van der Waals surface area contributed by atoms with Crippen LogP contribution in [0.4, 0.5) is 13.2 Å². The number of carbonyl (C=O) groups is 2. The Balaban J connectivity index is 2.34. The minimum Gasteiger partial charge on any atom is -0.481 e. The number of carbonyl (C=O) groups excluding carboxylic acids is 1. The normalized spacial score (nSPS) is 11.2.